The maximum atomic E-state index is 14.1. The molecule has 0 radical (unpaired) electrons. The molecule has 5 aromatic rings. The molecule has 8 atom stereocenters. The number of nitrogens with zero attached hydrogens (tertiary/aromatic N) is 4. The number of nitrogens with one attached hydrogen (secondary N) is 4. The first-order chi connectivity index (χ1) is 30.3. The summed E-state index contributed by atoms with van der Waals surface area (Å²) in [6, 6.07) is 11.9. The molecule has 4 N–H and O–H groups in total. The van der Waals surface area contributed by atoms with Crippen molar-refractivity contribution in [3.8, 4) is 28.1 Å². The summed E-state index contributed by atoms with van der Waals surface area (Å²) < 4.78 is 27.0. The number of benzene rings is 3. The first kappa shape index (κ1) is 43.4. The second-order valence-electron chi connectivity index (χ2n) is 16.9. The molecule has 63 heavy (non-hydrogen) atoms. The van der Waals surface area contributed by atoms with E-state index in [9.17, 15) is 19.2 Å². The van der Waals surface area contributed by atoms with Crippen molar-refractivity contribution >= 4 is 45.8 Å². The van der Waals surface area contributed by atoms with Crippen LogP contribution in [0, 0.1) is 6.92 Å². The molecule has 3 aromatic carbocycles. The number of hydrogen-bond donors (Lipinski definition) is 4. The van der Waals surface area contributed by atoms with Crippen LogP contribution in [0.4, 0.5) is 9.59 Å². The Hall–Kier alpha value is -6.20. The molecule has 3 aliphatic rings. The third-order valence-corrected chi connectivity index (χ3v) is 13.2. The van der Waals surface area contributed by atoms with E-state index in [1.807, 2.05) is 32.9 Å². The number of methoxy groups -OCH3 is 4. The summed E-state index contributed by atoms with van der Waals surface area (Å²) in [5.74, 6) is 1.58. The molecule has 2 fully saturated rings. The van der Waals surface area contributed by atoms with Gasteiger partial charge in [-0.3, -0.25) is 9.59 Å². The molecule has 5 heterocycles. The van der Waals surface area contributed by atoms with Crippen molar-refractivity contribution in [2.45, 2.75) is 115 Å². The lowest BCUT2D eigenvalue weighted by molar-refractivity contribution is -0.140. The average Bonchev–Trinajstić information content (AvgIpc) is 4.10. The summed E-state index contributed by atoms with van der Waals surface area (Å²) in [5.41, 5.74) is 7.26. The van der Waals surface area contributed by atoms with Gasteiger partial charge in [-0.1, -0.05) is 18.2 Å². The molecular weight excluding hydrogens is 809 g/mol. The molecule has 8 rings (SSSR count). The van der Waals surface area contributed by atoms with E-state index < -0.39 is 36.5 Å². The molecule has 2 saturated heterocycles. The maximum absolute atomic E-state index is 14.1. The van der Waals surface area contributed by atoms with Gasteiger partial charge in [0.1, 0.15) is 36.1 Å². The minimum atomic E-state index is -0.939. The maximum Gasteiger partial charge on any atom is 0.407 e. The number of hydrogen-bond acceptors (Lipinski definition) is 11. The normalized spacial score (nSPS) is 21.3. The zero-order valence-electron chi connectivity index (χ0n) is 37.2. The smallest absolute Gasteiger partial charge is 0.407 e. The zero-order valence-corrected chi connectivity index (χ0v) is 37.2. The van der Waals surface area contributed by atoms with Gasteiger partial charge in [0.25, 0.3) is 0 Å². The molecule has 17 heteroatoms. The minimum Gasteiger partial charge on any atom is -0.488 e. The van der Waals surface area contributed by atoms with E-state index in [2.05, 4.69) is 50.9 Å². The quantitative estimate of drug-likeness (QED) is 0.112. The van der Waals surface area contributed by atoms with Crippen LogP contribution in [0.5, 0.6) is 5.75 Å². The van der Waals surface area contributed by atoms with Gasteiger partial charge in [0.2, 0.25) is 11.8 Å². The van der Waals surface area contributed by atoms with Gasteiger partial charge in [0.05, 0.1) is 55.2 Å². The molecule has 0 spiro atoms. The second-order valence-corrected chi connectivity index (χ2v) is 16.9. The average molecular weight is 865 g/mol. The Bertz CT molecular complexity index is 2570. The molecule has 0 aliphatic carbocycles. The zero-order chi connectivity index (χ0) is 44.9. The molecule has 3 aliphatic heterocycles. The number of aromatic nitrogens is 4. The van der Waals surface area contributed by atoms with Gasteiger partial charge < -0.3 is 54.1 Å². The van der Waals surface area contributed by atoms with E-state index in [1.54, 1.807) is 23.6 Å². The van der Waals surface area contributed by atoms with Gasteiger partial charge in [-0.05, 0) is 101 Å². The minimum absolute atomic E-state index is 0.0794. The fourth-order valence-corrected chi connectivity index (χ4v) is 9.51. The van der Waals surface area contributed by atoms with Crippen LogP contribution in [0.1, 0.15) is 88.4 Å². The monoisotopic (exact) mass is 864 g/mol. The number of aryl methyl sites for hydroxylation is 1. The second kappa shape index (κ2) is 17.5. The summed E-state index contributed by atoms with van der Waals surface area (Å²) >= 11 is 0. The van der Waals surface area contributed by atoms with Crippen molar-refractivity contribution in [3.63, 3.8) is 0 Å². The van der Waals surface area contributed by atoms with Crippen LogP contribution in [0.15, 0.2) is 42.5 Å². The Morgan fingerprint density at radius 2 is 1.33 bits per heavy atom. The van der Waals surface area contributed by atoms with Crippen LogP contribution >= 0.6 is 0 Å². The Morgan fingerprint density at radius 3 is 1.90 bits per heavy atom. The lowest BCUT2D eigenvalue weighted by atomic mass is 9.92. The number of fused-ring (bicyclic) bond motifs is 6. The Balaban J connectivity index is 1.06. The molecule has 4 unspecified atom stereocenters. The molecule has 0 bridgehead atoms. The number of amides is 4. The molecule has 4 amide bonds. The highest BCUT2D eigenvalue weighted by molar-refractivity contribution is 6.07. The molecular formula is C46H56N8O9. The van der Waals surface area contributed by atoms with E-state index >= 15 is 0 Å². The van der Waals surface area contributed by atoms with Gasteiger partial charge in [-0.2, -0.15) is 0 Å². The molecule has 17 nitrogen and oxygen atoms in total. The van der Waals surface area contributed by atoms with Gasteiger partial charge in [0.15, 0.2) is 0 Å². The number of aromatic amines is 2. The number of ether oxygens (including phenoxy) is 5. The van der Waals surface area contributed by atoms with Gasteiger partial charge in [-0.15, -0.1) is 0 Å². The van der Waals surface area contributed by atoms with E-state index in [-0.39, 0.29) is 36.0 Å². The van der Waals surface area contributed by atoms with Crippen LogP contribution in [-0.4, -0.2) is 119 Å². The number of H-pyrrole nitrogens is 2. The summed E-state index contributed by atoms with van der Waals surface area (Å²) in [5, 5.41) is 7.24. The topological polar surface area (TPSA) is 202 Å². The summed E-state index contributed by atoms with van der Waals surface area (Å²) in [4.78, 5) is 73.3. The predicted molar refractivity (Wildman–Crippen MR) is 234 cm³/mol. The largest absolute Gasteiger partial charge is 0.488 e. The fourth-order valence-electron chi connectivity index (χ4n) is 9.51. The third-order valence-electron chi connectivity index (χ3n) is 13.2. The highest BCUT2D eigenvalue weighted by atomic mass is 16.5. The Kier molecular flexibility index (Phi) is 12.1. The van der Waals surface area contributed by atoms with Crippen LogP contribution in [0.3, 0.4) is 0 Å². The SMILES string of the molecule is COC(=O)NC(C(=O)N1[C@@H](C)CC[C@H]1c1nc(-c2ccc3c(c2)COc2cc4c(ccc5[nH]c([C@@H]6CC[C@H](C)N6C(=O)C(NC(=O)OC)C(C)OC)nc54)cc2-3)c(C)[nH]1)C(C)OC. The Labute approximate surface area is 365 Å². The third kappa shape index (κ3) is 7.92. The number of carbonyl (C=O) groups excluding carboxylic acids is 4. The van der Waals surface area contributed by atoms with Crippen LogP contribution in [-0.2, 0) is 35.1 Å². The van der Waals surface area contributed by atoms with Gasteiger partial charge in [0, 0.05) is 48.5 Å². The summed E-state index contributed by atoms with van der Waals surface area (Å²) in [6.07, 6.45) is 0.388. The Morgan fingerprint density at radius 1 is 0.746 bits per heavy atom. The van der Waals surface area contributed by atoms with E-state index in [0.29, 0.717) is 31.1 Å². The van der Waals surface area contributed by atoms with Crippen molar-refractivity contribution < 1.29 is 42.9 Å². The van der Waals surface area contributed by atoms with E-state index in [1.165, 1.54) is 28.4 Å². The van der Waals surface area contributed by atoms with Gasteiger partial charge >= 0.3 is 12.2 Å². The number of alkyl carbamates (subject to hydrolysis) is 2. The van der Waals surface area contributed by atoms with E-state index in [0.717, 1.165) is 74.0 Å². The van der Waals surface area contributed by atoms with Crippen molar-refractivity contribution in [3.05, 3.63) is 65.4 Å². The number of imidazole rings is 2. The first-order valence-electron chi connectivity index (χ1n) is 21.4. The molecule has 2 aromatic heterocycles. The summed E-state index contributed by atoms with van der Waals surface area (Å²) in [7, 11) is 5.53. The highest BCUT2D eigenvalue weighted by Crippen LogP contribution is 2.44. The number of likely N-dealkylation sites (tertiary alicyclic amines) is 2. The standard InChI is InChI=1S/C46H56N8O9/c1-22-10-16-34(53(22)43(55)38(25(4)59-6)51-45(57)61-8)41-47-24(3)37(49-41)28-12-14-30-29(18-28)21-63-36-20-31-27(19-32(30)36)13-15-33-40(31)50-42(48-33)35-17-11-23(2)54(35)44(56)39(26(5)60-7)52-46(58)62-9/h12-15,18-20,22-23,25-26,34-35,38-39H,10-11,16-17,21H2,1-9H3,(H,47,49)(H,48,50)(H,51,57)(H,52,58)/t22-,23-,25?,26?,34-,35-,38?,39?/m0/s1. The van der Waals surface area contributed by atoms with Gasteiger partial charge in [-0.25, -0.2) is 19.6 Å². The molecule has 0 saturated carbocycles. The van der Waals surface area contributed by atoms with Crippen molar-refractivity contribution in [2.75, 3.05) is 28.4 Å². The number of rotatable bonds is 11. The highest BCUT2D eigenvalue weighted by Gasteiger charge is 2.44. The molecule has 334 valence electrons. The van der Waals surface area contributed by atoms with Crippen LogP contribution in [0.25, 0.3) is 44.2 Å². The fraction of sp³-hybridized carbons (Fsp3) is 0.478. The lowest BCUT2D eigenvalue weighted by Gasteiger charge is -2.33. The summed E-state index contributed by atoms with van der Waals surface area (Å²) in [6.45, 7) is 9.82. The van der Waals surface area contributed by atoms with Crippen LogP contribution < -0.4 is 15.4 Å². The predicted octanol–water partition coefficient (Wildman–Crippen LogP) is 6.60. The van der Waals surface area contributed by atoms with E-state index in [4.69, 9.17) is 33.7 Å². The van der Waals surface area contributed by atoms with Crippen LogP contribution in [0.2, 0.25) is 0 Å². The first-order valence-corrected chi connectivity index (χ1v) is 21.4. The van der Waals surface area contributed by atoms with Crippen molar-refractivity contribution in [2.24, 2.45) is 0 Å². The van der Waals surface area contributed by atoms with Crippen molar-refractivity contribution in [1.29, 1.82) is 0 Å². The number of carbonyl (C=O) groups is 4. The lowest BCUT2D eigenvalue weighted by Crippen LogP contribution is -2.55. The van der Waals surface area contributed by atoms with Crippen molar-refractivity contribution in [1.82, 2.24) is 40.4 Å².